The highest BCUT2D eigenvalue weighted by Gasteiger charge is 2.18. The molecule has 0 heterocycles. The smallest absolute Gasteiger partial charge is 0.274 e. The Morgan fingerprint density at radius 1 is 1.44 bits per heavy atom. The molecule has 0 fully saturated rings. The Bertz CT molecular complexity index is 477. The molecular formula is C11H14FN3O3. The molecule has 0 aromatic heterocycles. The highest BCUT2D eigenvalue weighted by Crippen LogP contribution is 2.20. The van der Waals surface area contributed by atoms with Crippen LogP contribution in [0, 0.1) is 21.8 Å². The number of hydrogen-bond acceptors (Lipinski definition) is 4. The fourth-order valence-corrected chi connectivity index (χ4v) is 1.28. The number of carbonyl (C=O) groups excluding carboxylic acids is 1. The molecule has 0 aliphatic heterocycles. The van der Waals surface area contributed by atoms with E-state index < -0.39 is 28.4 Å². The van der Waals surface area contributed by atoms with Crippen LogP contribution in [-0.2, 0) is 4.79 Å². The van der Waals surface area contributed by atoms with Crippen molar-refractivity contribution in [2.75, 3.05) is 5.32 Å². The van der Waals surface area contributed by atoms with Gasteiger partial charge in [-0.05, 0) is 12.0 Å². The standard InChI is InChI=1S/C11H14FN3O3/c1-6(2)10(13)11(16)14-8-3-7(12)4-9(5-8)15(17)18/h3-6,10H,13H2,1-2H3,(H,14,16)/t10-/m0/s1. The molecule has 1 aromatic carbocycles. The summed E-state index contributed by atoms with van der Waals surface area (Å²) in [5.74, 6) is -1.39. The predicted molar refractivity (Wildman–Crippen MR) is 64.5 cm³/mol. The van der Waals surface area contributed by atoms with E-state index >= 15 is 0 Å². The summed E-state index contributed by atoms with van der Waals surface area (Å²) in [5, 5.41) is 12.9. The highest BCUT2D eigenvalue weighted by molar-refractivity contribution is 5.95. The van der Waals surface area contributed by atoms with Crippen molar-refractivity contribution in [3.05, 3.63) is 34.1 Å². The number of nitro groups is 1. The van der Waals surface area contributed by atoms with Crippen LogP contribution in [0.1, 0.15) is 13.8 Å². The van der Waals surface area contributed by atoms with Crippen molar-refractivity contribution in [3.8, 4) is 0 Å². The van der Waals surface area contributed by atoms with Crippen molar-refractivity contribution >= 4 is 17.3 Å². The van der Waals surface area contributed by atoms with Crippen LogP contribution in [0.3, 0.4) is 0 Å². The highest BCUT2D eigenvalue weighted by atomic mass is 19.1. The largest absolute Gasteiger partial charge is 0.324 e. The minimum atomic E-state index is -0.794. The molecule has 98 valence electrons. The molecule has 1 aromatic rings. The van der Waals surface area contributed by atoms with Crippen molar-refractivity contribution < 1.29 is 14.1 Å². The second kappa shape index (κ2) is 5.54. The monoisotopic (exact) mass is 255 g/mol. The first kappa shape index (κ1) is 14.0. The summed E-state index contributed by atoms with van der Waals surface area (Å²) >= 11 is 0. The fourth-order valence-electron chi connectivity index (χ4n) is 1.28. The Hall–Kier alpha value is -2.02. The van der Waals surface area contributed by atoms with Crippen molar-refractivity contribution in [2.45, 2.75) is 19.9 Å². The number of nitro benzene ring substituents is 1. The van der Waals surface area contributed by atoms with Gasteiger partial charge in [-0.15, -0.1) is 0 Å². The number of rotatable bonds is 4. The maximum absolute atomic E-state index is 13.1. The Labute approximate surface area is 103 Å². The summed E-state index contributed by atoms with van der Waals surface area (Å²) in [4.78, 5) is 21.4. The predicted octanol–water partition coefficient (Wildman–Crippen LogP) is 1.66. The van der Waals surface area contributed by atoms with E-state index in [4.69, 9.17) is 5.73 Å². The van der Waals surface area contributed by atoms with Crippen LogP contribution < -0.4 is 11.1 Å². The molecule has 3 N–H and O–H groups in total. The lowest BCUT2D eigenvalue weighted by Gasteiger charge is -2.15. The Morgan fingerprint density at radius 2 is 2.06 bits per heavy atom. The minimum absolute atomic E-state index is 0.0165. The molecule has 0 unspecified atom stereocenters. The first-order valence-electron chi connectivity index (χ1n) is 5.32. The van der Waals surface area contributed by atoms with Crippen molar-refractivity contribution in [3.63, 3.8) is 0 Å². The van der Waals surface area contributed by atoms with Gasteiger partial charge in [0.15, 0.2) is 0 Å². The molecular weight excluding hydrogens is 241 g/mol. The van der Waals surface area contributed by atoms with E-state index in [0.29, 0.717) is 0 Å². The topological polar surface area (TPSA) is 98.3 Å². The van der Waals surface area contributed by atoms with Crippen LogP contribution in [0.5, 0.6) is 0 Å². The number of amides is 1. The van der Waals surface area contributed by atoms with E-state index in [-0.39, 0.29) is 11.6 Å². The summed E-state index contributed by atoms with van der Waals surface area (Å²) < 4.78 is 13.1. The van der Waals surface area contributed by atoms with Crippen LogP contribution in [0.4, 0.5) is 15.8 Å². The molecule has 0 saturated carbocycles. The fraction of sp³-hybridized carbons (Fsp3) is 0.364. The lowest BCUT2D eigenvalue weighted by molar-refractivity contribution is -0.385. The maximum Gasteiger partial charge on any atom is 0.274 e. The molecule has 0 radical (unpaired) electrons. The van der Waals surface area contributed by atoms with Crippen molar-refractivity contribution in [1.29, 1.82) is 0 Å². The molecule has 0 aliphatic rings. The van der Waals surface area contributed by atoms with Crippen LogP contribution in [0.15, 0.2) is 18.2 Å². The van der Waals surface area contributed by atoms with Gasteiger partial charge in [0.2, 0.25) is 5.91 Å². The first-order chi connectivity index (χ1) is 8.31. The number of nitrogens with two attached hydrogens (primary N) is 1. The number of anilines is 1. The van der Waals surface area contributed by atoms with Crippen LogP contribution in [0.2, 0.25) is 0 Å². The van der Waals surface area contributed by atoms with Gasteiger partial charge in [0, 0.05) is 6.07 Å². The normalized spacial score (nSPS) is 12.3. The van der Waals surface area contributed by atoms with Gasteiger partial charge in [-0.25, -0.2) is 4.39 Å². The molecule has 6 nitrogen and oxygen atoms in total. The zero-order valence-electron chi connectivity index (χ0n) is 10.0. The molecule has 7 heteroatoms. The third kappa shape index (κ3) is 3.49. The number of non-ortho nitro benzene ring substituents is 1. The van der Waals surface area contributed by atoms with Gasteiger partial charge in [-0.3, -0.25) is 14.9 Å². The number of nitrogens with zero attached hydrogens (tertiary/aromatic N) is 1. The van der Waals surface area contributed by atoms with Gasteiger partial charge < -0.3 is 11.1 Å². The molecule has 0 bridgehead atoms. The molecule has 18 heavy (non-hydrogen) atoms. The summed E-state index contributed by atoms with van der Waals surface area (Å²) in [6.07, 6.45) is 0. The van der Waals surface area contributed by atoms with E-state index in [1.165, 1.54) is 0 Å². The van der Waals surface area contributed by atoms with E-state index in [2.05, 4.69) is 5.32 Å². The summed E-state index contributed by atoms with van der Waals surface area (Å²) in [7, 11) is 0. The van der Waals surface area contributed by atoms with Gasteiger partial charge in [0.25, 0.3) is 5.69 Å². The lowest BCUT2D eigenvalue weighted by Crippen LogP contribution is -2.39. The number of nitrogens with one attached hydrogen (secondary N) is 1. The summed E-state index contributed by atoms with van der Waals surface area (Å²) in [6, 6.07) is 2.09. The Balaban J connectivity index is 2.91. The number of hydrogen-bond donors (Lipinski definition) is 2. The molecule has 0 saturated heterocycles. The maximum atomic E-state index is 13.1. The Morgan fingerprint density at radius 3 is 2.56 bits per heavy atom. The van der Waals surface area contributed by atoms with Gasteiger partial charge in [0.1, 0.15) is 5.82 Å². The third-order valence-corrected chi connectivity index (χ3v) is 2.38. The summed E-state index contributed by atoms with van der Waals surface area (Å²) in [6.45, 7) is 3.52. The molecule has 1 rings (SSSR count). The molecule has 0 spiro atoms. The Kier molecular flexibility index (Phi) is 4.33. The zero-order valence-corrected chi connectivity index (χ0v) is 10.0. The van der Waals surface area contributed by atoms with E-state index in [1.54, 1.807) is 13.8 Å². The lowest BCUT2D eigenvalue weighted by atomic mass is 10.0. The van der Waals surface area contributed by atoms with Gasteiger partial charge in [-0.1, -0.05) is 13.8 Å². The third-order valence-electron chi connectivity index (χ3n) is 2.38. The minimum Gasteiger partial charge on any atom is -0.324 e. The SMILES string of the molecule is CC(C)[C@H](N)C(=O)Nc1cc(F)cc([N+](=O)[O-])c1. The zero-order chi connectivity index (χ0) is 13.9. The second-order valence-corrected chi connectivity index (χ2v) is 4.21. The molecule has 1 amide bonds. The number of halogens is 1. The number of carbonyl (C=O) groups is 1. The second-order valence-electron chi connectivity index (χ2n) is 4.21. The van der Waals surface area contributed by atoms with Gasteiger partial charge in [0.05, 0.1) is 22.7 Å². The first-order valence-corrected chi connectivity index (χ1v) is 5.32. The molecule has 0 aliphatic carbocycles. The summed E-state index contributed by atoms with van der Waals surface area (Å²) in [5.41, 5.74) is 5.19. The van der Waals surface area contributed by atoms with Gasteiger partial charge >= 0.3 is 0 Å². The van der Waals surface area contributed by atoms with E-state index in [1.807, 2.05) is 0 Å². The van der Waals surface area contributed by atoms with E-state index in [0.717, 1.165) is 18.2 Å². The van der Waals surface area contributed by atoms with Crippen LogP contribution in [-0.4, -0.2) is 16.9 Å². The average Bonchev–Trinajstić information content (AvgIpc) is 2.26. The molecule has 1 atom stereocenters. The van der Waals surface area contributed by atoms with Crippen LogP contribution in [0.25, 0.3) is 0 Å². The quantitative estimate of drug-likeness (QED) is 0.631. The van der Waals surface area contributed by atoms with Crippen LogP contribution >= 0.6 is 0 Å². The van der Waals surface area contributed by atoms with Gasteiger partial charge in [-0.2, -0.15) is 0 Å². The van der Waals surface area contributed by atoms with Crippen molar-refractivity contribution in [1.82, 2.24) is 0 Å². The van der Waals surface area contributed by atoms with E-state index in [9.17, 15) is 19.3 Å². The number of benzene rings is 1. The van der Waals surface area contributed by atoms with Crippen molar-refractivity contribution in [2.24, 2.45) is 11.7 Å². The average molecular weight is 255 g/mol.